The number of sulfonamides is 1. The number of nitrogens with zero attached hydrogens (tertiary/aromatic N) is 1. The van der Waals surface area contributed by atoms with Crippen LogP contribution in [0.15, 0.2) is 42.5 Å². The predicted octanol–water partition coefficient (Wildman–Crippen LogP) is 4.13. The van der Waals surface area contributed by atoms with Crippen LogP contribution in [0.3, 0.4) is 0 Å². The highest BCUT2D eigenvalue weighted by Crippen LogP contribution is 2.30. The summed E-state index contributed by atoms with van der Waals surface area (Å²) in [7, 11) is -3.51. The topological polar surface area (TPSA) is 75.7 Å². The highest BCUT2D eigenvalue weighted by atomic mass is 32.2. The highest BCUT2D eigenvalue weighted by Gasteiger charge is 2.21. The molecule has 0 bridgehead atoms. The van der Waals surface area contributed by atoms with Crippen LogP contribution >= 0.6 is 0 Å². The van der Waals surface area contributed by atoms with Crippen molar-refractivity contribution in [2.45, 2.75) is 46.6 Å². The lowest BCUT2D eigenvalue weighted by Gasteiger charge is -2.24. The van der Waals surface area contributed by atoms with E-state index >= 15 is 0 Å². The van der Waals surface area contributed by atoms with Crippen molar-refractivity contribution in [3.63, 3.8) is 0 Å². The van der Waals surface area contributed by atoms with Gasteiger partial charge in [0.15, 0.2) is 0 Å². The van der Waals surface area contributed by atoms with Gasteiger partial charge in [0.05, 0.1) is 24.6 Å². The summed E-state index contributed by atoms with van der Waals surface area (Å²) in [6.45, 7) is 8.54. The van der Waals surface area contributed by atoms with E-state index in [-0.39, 0.29) is 24.9 Å². The van der Waals surface area contributed by atoms with Crippen molar-refractivity contribution in [3.05, 3.63) is 59.2 Å². The fraction of sp³-hybridized carbons (Fsp3) is 0.435. The molecule has 0 saturated heterocycles. The fourth-order valence-corrected chi connectivity index (χ4v) is 4.19. The van der Waals surface area contributed by atoms with Gasteiger partial charge in [0.25, 0.3) is 0 Å². The molecule has 1 atom stereocenters. The number of carbonyl (C=O) groups excluding carboxylic acids is 1. The molecule has 2 rings (SSSR count). The number of para-hydroxylation sites is 2. The Morgan fingerprint density at radius 3 is 2.47 bits per heavy atom. The summed E-state index contributed by atoms with van der Waals surface area (Å²) in [4.78, 5) is 12.4. The van der Waals surface area contributed by atoms with E-state index in [2.05, 4.69) is 18.3 Å². The van der Waals surface area contributed by atoms with Gasteiger partial charge in [-0.1, -0.05) is 30.3 Å². The fourth-order valence-electron chi connectivity index (χ4n) is 3.22. The molecule has 0 heterocycles. The van der Waals surface area contributed by atoms with Crippen LogP contribution in [0.4, 0.5) is 5.69 Å². The zero-order chi connectivity index (χ0) is 22.3. The van der Waals surface area contributed by atoms with Crippen molar-refractivity contribution < 1.29 is 17.9 Å². The average molecular weight is 433 g/mol. The second kappa shape index (κ2) is 10.5. The molecule has 0 aromatic heterocycles. The lowest BCUT2D eigenvalue weighted by molar-refractivity contribution is -0.121. The number of carbonyl (C=O) groups is 1. The Morgan fingerprint density at radius 2 is 1.83 bits per heavy atom. The zero-order valence-electron chi connectivity index (χ0n) is 18.4. The number of hydrogen-bond acceptors (Lipinski definition) is 4. The number of aryl methyl sites for hydroxylation is 2. The van der Waals surface area contributed by atoms with Gasteiger partial charge in [-0.15, -0.1) is 0 Å². The van der Waals surface area contributed by atoms with Gasteiger partial charge < -0.3 is 10.1 Å². The molecule has 0 radical (unpaired) electrons. The van der Waals surface area contributed by atoms with E-state index in [1.807, 2.05) is 32.9 Å². The molecular weight excluding hydrogens is 400 g/mol. The number of ether oxygens (including phenoxy) is 1. The number of benzene rings is 2. The Balaban J connectivity index is 2.00. The molecule has 0 fully saturated rings. The maximum absolute atomic E-state index is 12.4. The first-order chi connectivity index (χ1) is 14.1. The third kappa shape index (κ3) is 6.49. The normalized spacial score (nSPS) is 12.3. The van der Waals surface area contributed by atoms with Crippen molar-refractivity contribution in [2.24, 2.45) is 0 Å². The first-order valence-corrected chi connectivity index (χ1v) is 12.0. The zero-order valence-corrected chi connectivity index (χ0v) is 19.3. The molecule has 0 spiro atoms. The van der Waals surface area contributed by atoms with Gasteiger partial charge in [-0.2, -0.15) is 0 Å². The van der Waals surface area contributed by atoms with E-state index in [0.717, 1.165) is 11.8 Å². The van der Waals surface area contributed by atoms with Gasteiger partial charge in [0.2, 0.25) is 15.9 Å². The molecule has 164 valence electrons. The Kier molecular flexibility index (Phi) is 8.29. The van der Waals surface area contributed by atoms with Crippen LogP contribution in [0, 0.1) is 13.8 Å². The molecule has 0 saturated carbocycles. The number of rotatable bonds is 10. The van der Waals surface area contributed by atoms with Gasteiger partial charge in [-0.05, 0) is 62.9 Å². The van der Waals surface area contributed by atoms with Gasteiger partial charge in [0, 0.05) is 13.0 Å². The van der Waals surface area contributed by atoms with Gasteiger partial charge >= 0.3 is 0 Å². The van der Waals surface area contributed by atoms with Crippen LogP contribution in [0.2, 0.25) is 0 Å². The van der Waals surface area contributed by atoms with Gasteiger partial charge in [-0.25, -0.2) is 8.42 Å². The van der Waals surface area contributed by atoms with Crippen LogP contribution in [-0.2, 0) is 14.8 Å². The molecule has 0 aliphatic rings. The summed E-state index contributed by atoms with van der Waals surface area (Å²) < 4.78 is 31.6. The molecule has 0 unspecified atom stereocenters. The van der Waals surface area contributed by atoms with Crippen molar-refractivity contribution in [2.75, 3.05) is 23.7 Å². The summed E-state index contributed by atoms with van der Waals surface area (Å²) >= 11 is 0. The van der Waals surface area contributed by atoms with E-state index in [1.165, 1.54) is 15.4 Å². The largest absolute Gasteiger partial charge is 0.492 e. The van der Waals surface area contributed by atoms with E-state index in [4.69, 9.17) is 4.74 Å². The smallest absolute Gasteiger partial charge is 0.232 e. The lowest BCUT2D eigenvalue weighted by Crippen LogP contribution is -2.33. The molecule has 1 amide bonds. The Hall–Kier alpha value is -2.54. The number of amides is 1. The van der Waals surface area contributed by atoms with Crippen LogP contribution in [0.1, 0.15) is 49.4 Å². The minimum atomic E-state index is -3.51. The Bertz CT molecular complexity index is 973. The van der Waals surface area contributed by atoms with Crippen molar-refractivity contribution >= 4 is 21.6 Å². The SMILES string of the molecule is CCOc1ccccc1N(CCCC(=O)N[C@@H](C)c1ccc(C)c(C)c1)S(C)(=O)=O. The van der Waals surface area contributed by atoms with Crippen LogP contribution in [0.5, 0.6) is 5.75 Å². The summed E-state index contributed by atoms with van der Waals surface area (Å²) in [6, 6.07) is 13.1. The molecule has 2 aromatic carbocycles. The molecule has 2 aromatic rings. The third-order valence-electron chi connectivity index (χ3n) is 5.01. The van der Waals surface area contributed by atoms with Crippen LogP contribution in [-0.4, -0.2) is 33.7 Å². The van der Waals surface area contributed by atoms with Crippen LogP contribution < -0.4 is 14.4 Å². The predicted molar refractivity (Wildman–Crippen MR) is 122 cm³/mol. The van der Waals surface area contributed by atoms with E-state index in [1.54, 1.807) is 24.3 Å². The first kappa shape index (κ1) is 23.7. The summed E-state index contributed by atoms with van der Waals surface area (Å²) in [5.74, 6) is 0.408. The maximum Gasteiger partial charge on any atom is 0.232 e. The van der Waals surface area contributed by atoms with Crippen molar-refractivity contribution in [3.8, 4) is 5.75 Å². The second-order valence-corrected chi connectivity index (χ2v) is 9.38. The summed E-state index contributed by atoms with van der Waals surface area (Å²) in [5.41, 5.74) is 3.94. The van der Waals surface area contributed by atoms with E-state index < -0.39 is 10.0 Å². The second-order valence-electron chi connectivity index (χ2n) is 7.47. The average Bonchev–Trinajstić information content (AvgIpc) is 2.67. The maximum atomic E-state index is 12.4. The monoisotopic (exact) mass is 432 g/mol. The summed E-state index contributed by atoms with van der Waals surface area (Å²) in [5, 5.41) is 3.00. The minimum Gasteiger partial charge on any atom is -0.492 e. The quantitative estimate of drug-likeness (QED) is 0.613. The molecule has 0 aliphatic carbocycles. The summed E-state index contributed by atoms with van der Waals surface area (Å²) in [6.07, 6.45) is 1.80. The lowest BCUT2D eigenvalue weighted by atomic mass is 10.0. The molecule has 0 aliphatic heterocycles. The molecular formula is C23H32N2O4S. The molecule has 1 N–H and O–H groups in total. The molecule has 7 heteroatoms. The first-order valence-electron chi connectivity index (χ1n) is 10.2. The minimum absolute atomic E-state index is 0.104. The Morgan fingerprint density at radius 1 is 1.13 bits per heavy atom. The molecule has 30 heavy (non-hydrogen) atoms. The number of anilines is 1. The van der Waals surface area contributed by atoms with Crippen LogP contribution in [0.25, 0.3) is 0 Å². The van der Waals surface area contributed by atoms with Gasteiger partial charge in [0.1, 0.15) is 5.75 Å². The van der Waals surface area contributed by atoms with Crippen molar-refractivity contribution in [1.29, 1.82) is 0 Å². The van der Waals surface area contributed by atoms with Gasteiger partial charge in [-0.3, -0.25) is 9.10 Å². The van der Waals surface area contributed by atoms with Crippen molar-refractivity contribution in [1.82, 2.24) is 5.32 Å². The standard InChI is InChI=1S/C23H32N2O4S/c1-6-29-22-11-8-7-10-21(22)25(30(5,27)28)15-9-12-23(26)24-19(4)20-14-13-17(2)18(3)16-20/h7-8,10-11,13-14,16,19H,6,9,12,15H2,1-5H3,(H,24,26)/t19-/m0/s1. The third-order valence-corrected chi connectivity index (χ3v) is 6.19. The number of nitrogens with one attached hydrogen (secondary N) is 1. The molecule has 6 nitrogen and oxygen atoms in total. The Labute approximate surface area is 180 Å². The highest BCUT2D eigenvalue weighted by molar-refractivity contribution is 7.92. The van der Waals surface area contributed by atoms with E-state index in [9.17, 15) is 13.2 Å². The van der Waals surface area contributed by atoms with E-state index in [0.29, 0.717) is 24.5 Å². The number of hydrogen-bond donors (Lipinski definition) is 1.